The third kappa shape index (κ3) is 5.08. The highest BCUT2D eigenvalue weighted by atomic mass is 32.1. The zero-order chi connectivity index (χ0) is 25.0. The number of benzene rings is 1. The molecule has 0 radical (unpaired) electrons. The van der Waals surface area contributed by atoms with Gasteiger partial charge in [0.25, 0.3) is 5.91 Å². The van der Waals surface area contributed by atoms with Crippen molar-refractivity contribution in [3.63, 3.8) is 0 Å². The van der Waals surface area contributed by atoms with Gasteiger partial charge in [0.15, 0.2) is 0 Å². The van der Waals surface area contributed by atoms with Gasteiger partial charge in [-0.25, -0.2) is 9.59 Å². The second-order valence-electron chi connectivity index (χ2n) is 7.37. The van der Waals surface area contributed by atoms with Gasteiger partial charge in [0, 0.05) is 16.5 Å². The van der Waals surface area contributed by atoms with E-state index in [1.807, 2.05) is 19.9 Å². The molecule has 0 bridgehead atoms. The molecule has 0 atom stereocenters. The first kappa shape index (κ1) is 24.5. The van der Waals surface area contributed by atoms with E-state index in [0.717, 1.165) is 10.4 Å². The van der Waals surface area contributed by atoms with Crippen LogP contribution in [0.15, 0.2) is 40.3 Å². The van der Waals surface area contributed by atoms with Gasteiger partial charge in [-0.15, -0.1) is 11.3 Å². The third-order valence-electron chi connectivity index (χ3n) is 5.12. The molecule has 8 nitrogen and oxygen atoms in total. The molecular weight excluding hydrogens is 456 g/mol. The summed E-state index contributed by atoms with van der Waals surface area (Å²) in [5.74, 6) is -1.66. The Morgan fingerprint density at radius 2 is 1.94 bits per heavy atom. The molecular formula is C25H22N2O6S. The summed E-state index contributed by atoms with van der Waals surface area (Å²) in [6.07, 6.45) is 1.28. The van der Waals surface area contributed by atoms with Crippen molar-refractivity contribution in [3.05, 3.63) is 68.8 Å². The summed E-state index contributed by atoms with van der Waals surface area (Å²) in [4.78, 5) is 37.3. The molecule has 0 aliphatic carbocycles. The molecule has 1 aromatic carbocycles. The average Bonchev–Trinajstić information content (AvgIpc) is 3.36. The summed E-state index contributed by atoms with van der Waals surface area (Å²) in [6, 6.07) is 9.75. The molecule has 0 aliphatic heterocycles. The van der Waals surface area contributed by atoms with Gasteiger partial charge in [-0.2, -0.15) is 5.26 Å². The number of carbonyl (C=O) groups excluding carboxylic acids is 2. The molecule has 34 heavy (non-hydrogen) atoms. The van der Waals surface area contributed by atoms with Crippen LogP contribution in [0.4, 0.5) is 5.00 Å². The summed E-state index contributed by atoms with van der Waals surface area (Å²) in [6.45, 7) is 7.29. The van der Waals surface area contributed by atoms with Crippen molar-refractivity contribution in [1.82, 2.24) is 0 Å². The van der Waals surface area contributed by atoms with Crippen molar-refractivity contribution in [2.24, 2.45) is 0 Å². The fourth-order valence-corrected chi connectivity index (χ4v) is 4.26. The van der Waals surface area contributed by atoms with Crippen molar-refractivity contribution in [3.8, 4) is 17.4 Å². The Kier molecular flexibility index (Phi) is 7.34. The van der Waals surface area contributed by atoms with Crippen LogP contribution in [0.1, 0.15) is 49.4 Å². The van der Waals surface area contributed by atoms with E-state index in [9.17, 15) is 24.8 Å². The lowest BCUT2D eigenvalue weighted by atomic mass is 10.0. The summed E-state index contributed by atoms with van der Waals surface area (Å²) in [5, 5.41) is 21.7. The largest absolute Gasteiger partial charge is 0.478 e. The molecule has 0 saturated carbocycles. The standard InChI is InChI=1S/C25H22N2O6S/c1-5-32-25(31)21-14(3)15(4)34-23(21)27-22(28)17(12-26)10-18-8-9-20(33-18)19-11-16(24(29)30)7-6-13(19)2/h6-11H,5H2,1-4H3,(H,27,28)(H,29,30)/b17-10+. The Morgan fingerprint density at radius 3 is 2.59 bits per heavy atom. The number of carboxylic acids is 1. The van der Waals surface area contributed by atoms with Crippen LogP contribution >= 0.6 is 11.3 Å². The van der Waals surface area contributed by atoms with Crippen molar-refractivity contribution in [1.29, 1.82) is 5.26 Å². The predicted molar refractivity (Wildman–Crippen MR) is 128 cm³/mol. The normalized spacial score (nSPS) is 11.1. The highest BCUT2D eigenvalue weighted by Gasteiger charge is 2.23. The van der Waals surface area contributed by atoms with E-state index in [0.29, 0.717) is 21.9 Å². The Morgan fingerprint density at radius 1 is 1.21 bits per heavy atom. The zero-order valence-electron chi connectivity index (χ0n) is 19.0. The van der Waals surface area contributed by atoms with Crippen LogP contribution in [-0.4, -0.2) is 29.6 Å². The van der Waals surface area contributed by atoms with Gasteiger partial charge in [0.2, 0.25) is 0 Å². The lowest BCUT2D eigenvalue weighted by Crippen LogP contribution is -2.16. The number of nitrogens with one attached hydrogen (secondary N) is 1. The quantitative estimate of drug-likeness (QED) is 0.266. The number of carbonyl (C=O) groups is 3. The zero-order valence-corrected chi connectivity index (χ0v) is 19.8. The van der Waals surface area contributed by atoms with Crippen LogP contribution in [0.3, 0.4) is 0 Å². The van der Waals surface area contributed by atoms with Crippen LogP contribution in [0.25, 0.3) is 17.4 Å². The highest BCUT2D eigenvalue weighted by molar-refractivity contribution is 7.16. The van der Waals surface area contributed by atoms with Crippen molar-refractivity contribution in [2.75, 3.05) is 11.9 Å². The summed E-state index contributed by atoms with van der Waals surface area (Å²) in [7, 11) is 0. The number of esters is 1. The van der Waals surface area contributed by atoms with Gasteiger partial charge in [-0.3, -0.25) is 4.79 Å². The number of aryl methyl sites for hydroxylation is 2. The number of anilines is 1. The summed E-state index contributed by atoms with van der Waals surface area (Å²) < 4.78 is 10.9. The first-order chi connectivity index (χ1) is 16.2. The minimum atomic E-state index is -1.06. The molecule has 2 heterocycles. The van der Waals surface area contributed by atoms with Gasteiger partial charge < -0.3 is 19.6 Å². The van der Waals surface area contributed by atoms with E-state index in [1.54, 1.807) is 32.0 Å². The van der Waals surface area contributed by atoms with E-state index in [1.165, 1.54) is 29.5 Å². The number of amides is 1. The van der Waals surface area contributed by atoms with E-state index in [2.05, 4.69) is 5.32 Å². The van der Waals surface area contributed by atoms with Crippen molar-refractivity contribution in [2.45, 2.75) is 27.7 Å². The first-order valence-corrected chi connectivity index (χ1v) is 11.1. The fraction of sp³-hybridized carbons (Fsp3) is 0.200. The van der Waals surface area contributed by atoms with E-state index < -0.39 is 17.8 Å². The van der Waals surface area contributed by atoms with Gasteiger partial charge in [0.1, 0.15) is 28.2 Å². The van der Waals surface area contributed by atoms with Gasteiger partial charge in [0.05, 0.1) is 17.7 Å². The number of furan rings is 1. The molecule has 3 aromatic rings. The Balaban J connectivity index is 1.89. The SMILES string of the molecule is CCOC(=O)c1c(NC(=O)/C(C#N)=C/c2ccc(-c3cc(C(=O)O)ccc3C)o2)sc(C)c1C. The second-order valence-corrected chi connectivity index (χ2v) is 8.59. The Bertz CT molecular complexity index is 1360. The van der Waals surface area contributed by atoms with Gasteiger partial charge in [-0.1, -0.05) is 6.07 Å². The number of carboxylic acid groups (broad SMARTS) is 1. The summed E-state index contributed by atoms with van der Waals surface area (Å²) in [5.41, 5.74) is 2.26. The van der Waals surface area contributed by atoms with E-state index >= 15 is 0 Å². The molecule has 3 rings (SSSR count). The number of hydrogen-bond acceptors (Lipinski definition) is 7. The molecule has 2 N–H and O–H groups in total. The van der Waals surface area contributed by atoms with Crippen molar-refractivity contribution >= 4 is 40.3 Å². The molecule has 0 fully saturated rings. The fourth-order valence-electron chi connectivity index (χ4n) is 3.22. The maximum absolute atomic E-state index is 12.8. The number of nitrogens with zero attached hydrogens (tertiary/aromatic N) is 1. The highest BCUT2D eigenvalue weighted by Crippen LogP contribution is 2.33. The number of aromatic carboxylic acids is 1. The van der Waals surface area contributed by atoms with Crippen LogP contribution in [0, 0.1) is 32.1 Å². The molecule has 9 heteroatoms. The van der Waals surface area contributed by atoms with Crippen LogP contribution in [0.2, 0.25) is 0 Å². The van der Waals surface area contributed by atoms with Gasteiger partial charge in [-0.05, 0) is 63.1 Å². The molecule has 174 valence electrons. The lowest BCUT2D eigenvalue weighted by molar-refractivity contribution is -0.112. The van der Waals surface area contributed by atoms with Crippen LogP contribution in [-0.2, 0) is 9.53 Å². The minimum absolute atomic E-state index is 0.116. The first-order valence-electron chi connectivity index (χ1n) is 10.3. The lowest BCUT2D eigenvalue weighted by Gasteiger charge is -2.06. The maximum Gasteiger partial charge on any atom is 0.341 e. The van der Waals surface area contributed by atoms with Crippen molar-refractivity contribution < 1.29 is 28.6 Å². The molecule has 2 aromatic heterocycles. The predicted octanol–water partition coefficient (Wildman–Crippen LogP) is 5.35. The number of thiophene rings is 1. The molecule has 1 amide bonds. The molecule has 0 saturated heterocycles. The van der Waals surface area contributed by atoms with Gasteiger partial charge >= 0.3 is 11.9 Å². The summed E-state index contributed by atoms with van der Waals surface area (Å²) >= 11 is 1.22. The van der Waals surface area contributed by atoms with E-state index in [4.69, 9.17) is 9.15 Å². The molecule has 0 aliphatic rings. The smallest absolute Gasteiger partial charge is 0.341 e. The van der Waals surface area contributed by atoms with E-state index in [-0.39, 0.29) is 29.1 Å². The third-order valence-corrected chi connectivity index (χ3v) is 6.24. The number of ether oxygens (including phenoxy) is 1. The molecule has 0 unspecified atom stereocenters. The number of nitriles is 1. The second kappa shape index (κ2) is 10.2. The number of hydrogen-bond donors (Lipinski definition) is 2. The Labute approximate surface area is 200 Å². The van der Waals surface area contributed by atoms with Crippen LogP contribution in [0.5, 0.6) is 0 Å². The maximum atomic E-state index is 12.8. The topological polar surface area (TPSA) is 130 Å². The average molecular weight is 479 g/mol. The van der Waals surface area contributed by atoms with Crippen LogP contribution < -0.4 is 5.32 Å². The Hall–Kier alpha value is -4.16. The number of rotatable bonds is 7. The molecule has 0 spiro atoms. The minimum Gasteiger partial charge on any atom is -0.478 e. The monoisotopic (exact) mass is 478 g/mol.